The first-order chi connectivity index (χ1) is 13.4. The number of alkyl halides is 1. The van der Waals surface area contributed by atoms with Crippen molar-refractivity contribution in [3.05, 3.63) is 23.8 Å². The number of nitrogens with zero attached hydrogens (tertiary/aromatic N) is 3. The number of hydrogen-bond acceptors (Lipinski definition) is 4. The highest BCUT2D eigenvalue weighted by Gasteiger charge is 2.47. The molecule has 2 N–H and O–H groups in total. The van der Waals surface area contributed by atoms with E-state index in [2.05, 4.69) is 4.98 Å². The van der Waals surface area contributed by atoms with Crippen LogP contribution < -0.4 is 10.6 Å². The van der Waals surface area contributed by atoms with Crippen LogP contribution in [0.15, 0.2) is 12.1 Å². The molecule has 1 unspecified atom stereocenters. The van der Waals surface area contributed by atoms with Crippen molar-refractivity contribution in [3.63, 3.8) is 0 Å². The highest BCUT2D eigenvalue weighted by molar-refractivity contribution is 5.86. The van der Waals surface area contributed by atoms with Crippen molar-refractivity contribution < 1.29 is 18.0 Å². The Morgan fingerprint density at radius 1 is 1.18 bits per heavy atom. The number of piperidine rings is 1. The first-order valence-electron chi connectivity index (χ1n) is 9.93. The van der Waals surface area contributed by atoms with Gasteiger partial charge in [-0.05, 0) is 37.5 Å². The normalized spacial score (nSPS) is 32.0. The number of nitrogens with two attached hydrogens (primary N) is 1. The number of carbonyl (C=O) groups is 1. The lowest BCUT2D eigenvalue weighted by molar-refractivity contribution is -0.123. The average molecular weight is 392 g/mol. The Balaban J connectivity index is 1.50. The smallest absolute Gasteiger partial charge is 0.207 e. The second-order valence-corrected chi connectivity index (χ2v) is 8.56. The van der Waals surface area contributed by atoms with Gasteiger partial charge in [-0.2, -0.15) is 0 Å². The number of aromatic nitrogens is 2. The van der Waals surface area contributed by atoms with Crippen LogP contribution in [-0.4, -0.2) is 40.6 Å². The van der Waals surface area contributed by atoms with Crippen LogP contribution in [0.1, 0.15) is 25.7 Å². The number of rotatable bonds is 4. The van der Waals surface area contributed by atoms with Crippen molar-refractivity contribution in [1.29, 1.82) is 0 Å². The Morgan fingerprint density at radius 2 is 1.89 bits per heavy atom. The number of anilines is 1. The molecule has 3 aliphatic rings. The number of carbonyl (C=O) groups excluding carboxylic acids is 1. The minimum atomic E-state index is -1.09. The van der Waals surface area contributed by atoms with E-state index in [1.165, 1.54) is 6.42 Å². The predicted molar refractivity (Wildman–Crippen MR) is 98.7 cm³/mol. The molecule has 2 aromatic rings. The Labute approximate surface area is 160 Å². The molecule has 2 saturated carbocycles. The highest BCUT2D eigenvalue weighted by atomic mass is 19.2. The number of hydrogen-bond donors (Lipinski definition) is 1. The molecule has 2 heterocycles. The molecule has 8 heteroatoms. The topological polar surface area (TPSA) is 64.2 Å². The molecular weight excluding hydrogens is 369 g/mol. The van der Waals surface area contributed by atoms with Crippen LogP contribution in [0.2, 0.25) is 0 Å². The summed E-state index contributed by atoms with van der Waals surface area (Å²) in [6.45, 7) is 0.702. The fraction of sp³-hybridized carbons (Fsp3) is 0.600. The molecule has 1 aromatic heterocycles. The van der Waals surface area contributed by atoms with Crippen LogP contribution in [0, 0.1) is 29.4 Å². The molecule has 1 aliphatic heterocycles. The monoisotopic (exact) mass is 392 g/mol. The number of benzene rings is 1. The number of imidazole rings is 1. The van der Waals surface area contributed by atoms with Gasteiger partial charge in [-0.25, -0.2) is 18.2 Å². The molecule has 150 valence electrons. The number of halogens is 3. The zero-order valence-corrected chi connectivity index (χ0v) is 15.5. The van der Waals surface area contributed by atoms with Gasteiger partial charge in [0.1, 0.15) is 6.17 Å². The van der Waals surface area contributed by atoms with Crippen LogP contribution in [0.5, 0.6) is 0 Å². The van der Waals surface area contributed by atoms with E-state index in [-0.39, 0.29) is 36.7 Å². The predicted octanol–water partition coefficient (Wildman–Crippen LogP) is 2.81. The van der Waals surface area contributed by atoms with E-state index >= 15 is 0 Å². The fourth-order valence-corrected chi connectivity index (χ4v) is 4.90. The number of fused-ring (bicyclic) bond motifs is 2. The average Bonchev–Trinajstić information content (AvgIpc) is 3.12. The molecule has 28 heavy (non-hydrogen) atoms. The molecule has 3 fully saturated rings. The van der Waals surface area contributed by atoms with Gasteiger partial charge in [0.05, 0.1) is 23.6 Å². The Hall–Kier alpha value is -2.09. The van der Waals surface area contributed by atoms with Crippen LogP contribution >= 0.6 is 0 Å². The molecular formula is C20H23F3N4O. The molecule has 0 spiro atoms. The fourth-order valence-electron chi connectivity index (χ4n) is 4.90. The molecule has 0 bridgehead atoms. The van der Waals surface area contributed by atoms with Gasteiger partial charge in [0.2, 0.25) is 5.95 Å². The van der Waals surface area contributed by atoms with Crippen molar-refractivity contribution in [1.82, 2.24) is 9.55 Å². The molecule has 1 aromatic carbocycles. The number of Topliss-reactive ketones (excluding diaryl/α,β-unsaturated/α-hetero) is 1. The van der Waals surface area contributed by atoms with E-state index in [9.17, 15) is 18.0 Å². The summed E-state index contributed by atoms with van der Waals surface area (Å²) in [5, 5.41) is 0. The zero-order valence-electron chi connectivity index (χ0n) is 15.5. The van der Waals surface area contributed by atoms with E-state index in [1.54, 1.807) is 4.57 Å². The van der Waals surface area contributed by atoms with Crippen LogP contribution in [0.3, 0.4) is 0 Å². The van der Waals surface area contributed by atoms with Crippen molar-refractivity contribution in [2.75, 3.05) is 18.0 Å². The maximum Gasteiger partial charge on any atom is 0.207 e. The lowest BCUT2D eigenvalue weighted by atomic mass is 9.98. The van der Waals surface area contributed by atoms with Gasteiger partial charge < -0.3 is 15.2 Å². The summed E-state index contributed by atoms with van der Waals surface area (Å²) in [5.41, 5.74) is 6.54. The van der Waals surface area contributed by atoms with E-state index in [0.717, 1.165) is 25.0 Å². The summed E-state index contributed by atoms with van der Waals surface area (Å²) < 4.78 is 43.1. The minimum absolute atomic E-state index is 0.0261. The Bertz CT molecular complexity index is 935. The Kier molecular flexibility index (Phi) is 4.15. The molecule has 1 saturated heterocycles. The van der Waals surface area contributed by atoms with Crippen LogP contribution in [0.4, 0.5) is 19.1 Å². The van der Waals surface area contributed by atoms with Crippen molar-refractivity contribution in [2.24, 2.45) is 23.5 Å². The van der Waals surface area contributed by atoms with Crippen molar-refractivity contribution in [3.8, 4) is 0 Å². The van der Waals surface area contributed by atoms with Gasteiger partial charge in [0, 0.05) is 31.1 Å². The van der Waals surface area contributed by atoms with E-state index in [1.807, 2.05) is 4.90 Å². The summed E-state index contributed by atoms with van der Waals surface area (Å²) in [7, 11) is 0. The van der Waals surface area contributed by atoms with Gasteiger partial charge in [0.25, 0.3) is 0 Å². The summed E-state index contributed by atoms with van der Waals surface area (Å²) >= 11 is 0. The lowest BCUT2D eigenvalue weighted by Crippen LogP contribution is -2.50. The summed E-state index contributed by atoms with van der Waals surface area (Å²) in [4.78, 5) is 19.2. The van der Waals surface area contributed by atoms with Gasteiger partial charge in [-0.3, -0.25) is 4.79 Å². The molecule has 0 radical (unpaired) electrons. The summed E-state index contributed by atoms with van der Waals surface area (Å²) in [5.74, 6) is -0.0413. The Morgan fingerprint density at radius 3 is 2.61 bits per heavy atom. The van der Waals surface area contributed by atoms with Gasteiger partial charge in [-0.15, -0.1) is 0 Å². The molecule has 0 amide bonds. The third-order valence-corrected chi connectivity index (χ3v) is 6.64. The first-order valence-corrected chi connectivity index (χ1v) is 9.93. The third-order valence-electron chi connectivity index (χ3n) is 6.64. The summed E-state index contributed by atoms with van der Waals surface area (Å²) in [6, 6.07) is 1.47. The highest BCUT2D eigenvalue weighted by Crippen LogP contribution is 2.54. The van der Waals surface area contributed by atoms with E-state index < -0.39 is 23.8 Å². The van der Waals surface area contributed by atoms with E-state index in [0.29, 0.717) is 29.8 Å². The van der Waals surface area contributed by atoms with E-state index in [4.69, 9.17) is 5.73 Å². The second kappa shape index (κ2) is 6.47. The molecule has 2 aliphatic carbocycles. The molecule has 5 atom stereocenters. The minimum Gasteiger partial charge on any atom is -0.340 e. The number of ketones is 1. The maximum absolute atomic E-state index is 13.9. The zero-order chi connectivity index (χ0) is 19.6. The molecule has 5 rings (SSSR count). The largest absolute Gasteiger partial charge is 0.340 e. The van der Waals surface area contributed by atoms with Crippen LogP contribution in [0.25, 0.3) is 11.0 Å². The third kappa shape index (κ3) is 2.98. The standard InChI is InChI=1S/C20H23F3N4O/c21-13-1-2-26(8-16(13)24)20-25-17-6-14(22)15(23)7-18(17)27(20)9-19(28)12-4-10-3-11(10)5-12/h6-7,10-13,16H,1-5,8-9,24H2/t10-,11+,12?,13-,16-/m1/s1. The van der Waals surface area contributed by atoms with Gasteiger partial charge in [-0.1, -0.05) is 0 Å². The first kappa shape index (κ1) is 18.0. The van der Waals surface area contributed by atoms with Crippen molar-refractivity contribution in [2.45, 2.75) is 44.4 Å². The summed E-state index contributed by atoms with van der Waals surface area (Å²) in [6.07, 6.45) is 2.24. The lowest BCUT2D eigenvalue weighted by Gasteiger charge is -2.34. The molecule has 5 nitrogen and oxygen atoms in total. The van der Waals surface area contributed by atoms with Crippen molar-refractivity contribution >= 4 is 22.8 Å². The van der Waals surface area contributed by atoms with Gasteiger partial charge >= 0.3 is 0 Å². The maximum atomic E-state index is 13.9. The van der Waals surface area contributed by atoms with Gasteiger partial charge in [0.15, 0.2) is 17.4 Å². The van der Waals surface area contributed by atoms with Crippen LogP contribution in [-0.2, 0) is 11.3 Å². The second-order valence-electron chi connectivity index (χ2n) is 8.56. The SMILES string of the molecule is N[C@@H]1CN(c2nc3cc(F)c(F)cc3n2CC(=O)C2C[C@@H]3C[C@@H]3C2)CC[C@H]1F. The quantitative estimate of drug-likeness (QED) is 0.869.